The van der Waals surface area contributed by atoms with Gasteiger partial charge in [-0.2, -0.15) is 0 Å². The zero-order valence-corrected chi connectivity index (χ0v) is 10.3. The van der Waals surface area contributed by atoms with Gasteiger partial charge in [-0.1, -0.05) is 18.2 Å². The number of rotatable bonds is 7. The molecule has 0 bridgehead atoms. The summed E-state index contributed by atoms with van der Waals surface area (Å²) in [5, 5.41) is 16.2. The fourth-order valence-electron chi connectivity index (χ4n) is 1.48. The highest BCUT2D eigenvalue weighted by Gasteiger charge is 2.08. The predicted molar refractivity (Wildman–Crippen MR) is 65.9 cm³/mol. The molecule has 6 nitrogen and oxygen atoms in total. The van der Waals surface area contributed by atoms with Gasteiger partial charge in [0, 0.05) is 6.42 Å². The largest absolute Gasteiger partial charge is 0.493 e. The lowest BCUT2D eigenvalue weighted by molar-refractivity contribution is -0.137. The average molecular weight is 262 g/mol. The minimum atomic E-state index is -0.882. The number of hydrogen-bond acceptors (Lipinski definition) is 5. The topological polar surface area (TPSA) is 85.5 Å². The maximum Gasteiger partial charge on any atom is 0.303 e. The lowest BCUT2D eigenvalue weighted by Gasteiger charge is -2.02. The summed E-state index contributed by atoms with van der Waals surface area (Å²) in [6.45, 7) is 0.435. The van der Waals surface area contributed by atoms with Gasteiger partial charge in [-0.05, 0) is 12.1 Å². The Labute approximate surface area is 110 Å². The third-order valence-electron chi connectivity index (χ3n) is 2.39. The van der Waals surface area contributed by atoms with Crippen LogP contribution >= 0.6 is 0 Å². The van der Waals surface area contributed by atoms with E-state index >= 15 is 0 Å². The van der Waals surface area contributed by atoms with Crippen molar-refractivity contribution in [2.24, 2.45) is 0 Å². The number of aromatic nitrogens is 2. The van der Waals surface area contributed by atoms with E-state index in [1.165, 1.54) is 0 Å². The van der Waals surface area contributed by atoms with Crippen LogP contribution < -0.4 is 4.74 Å². The first-order chi connectivity index (χ1) is 9.24. The molecule has 0 aliphatic carbocycles. The number of hydrogen-bond donors (Lipinski definition) is 1. The number of aryl methyl sites for hydroxylation is 1. The third kappa shape index (κ3) is 4.42. The van der Waals surface area contributed by atoms with Gasteiger partial charge < -0.3 is 14.3 Å². The molecule has 6 heteroatoms. The normalized spacial score (nSPS) is 10.3. The van der Waals surface area contributed by atoms with Crippen LogP contribution in [0.4, 0.5) is 0 Å². The van der Waals surface area contributed by atoms with E-state index in [1.54, 1.807) is 0 Å². The highest BCUT2D eigenvalue weighted by molar-refractivity contribution is 5.66. The SMILES string of the molecule is O=C(O)CCc1nnc(CCOc2ccccc2)o1. The average Bonchev–Trinajstić information content (AvgIpc) is 2.86. The Morgan fingerprint density at radius 2 is 1.84 bits per heavy atom. The number of carboxylic acids is 1. The standard InChI is InChI=1S/C13H14N2O4/c16-13(17)7-6-11-14-15-12(19-11)8-9-18-10-4-2-1-3-5-10/h1-5H,6-9H2,(H,16,17). The van der Waals surface area contributed by atoms with Gasteiger partial charge in [0.05, 0.1) is 19.4 Å². The number of ether oxygens (including phenoxy) is 1. The minimum absolute atomic E-state index is 0.0118. The van der Waals surface area contributed by atoms with Gasteiger partial charge in [-0.15, -0.1) is 10.2 Å². The van der Waals surface area contributed by atoms with E-state index in [1.807, 2.05) is 30.3 Å². The van der Waals surface area contributed by atoms with Crippen molar-refractivity contribution in [3.63, 3.8) is 0 Å². The zero-order chi connectivity index (χ0) is 13.5. The van der Waals surface area contributed by atoms with E-state index in [9.17, 15) is 4.79 Å². The first kappa shape index (κ1) is 13.1. The molecule has 0 aliphatic heterocycles. The van der Waals surface area contributed by atoms with Crippen LogP contribution in [-0.2, 0) is 17.6 Å². The number of carboxylic acid groups (broad SMARTS) is 1. The molecule has 0 unspecified atom stereocenters. The van der Waals surface area contributed by atoms with Crippen molar-refractivity contribution in [3.8, 4) is 5.75 Å². The highest BCUT2D eigenvalue weighted by atomic mass is 16.5. The Hall–Kier alpha value is -2.37. The molecule has 19 heavy (non-hydrogen) atoms. The molecular weight excluding hydrogens is 248 g/mol. The van der Waals surface area contributed by atoms with E-state index in [4.69, 9.17) is 14.3 Å². The number of benzene rings is 1. The molecule has 1 aromatic heterocycles. The number of aliphatic carboxylic acids is 1. The van der Waals surface area contributed by atoms with Gasteiger partial charge in [0.2, 0.25) is 11.8 Å². The van der Waals surface area contributed by atoms with Crippen molar-refractivity contribution < 1.29 is 19.1 Å². The Balaban J connectivity index is 1.76. The number of para-hydroxylation sites is 1. The molecule has 0 atom stereocenters. The third-order valence-corrected chi connectivity index (χ3v) is 2.39. The van der Waals surface area contributed by atoms with E-state index in [0.717, 1.165) is 5.75 Å². The zero-order valence-electron chi connectivity index (χ0n) is 10.3. The van der Waals surface area contributed by atoms with Gasteiger partial charge in [0.1, 0.15) is 5.75 Å². The van der Waals surface area contributed by atoms with E-state index in [2.05, 4.69) is 10.2 Å². The molecule has 0 saturated carbocycles. The molecule has 1 N–H and O–H groups in total. The Morgan fingerprint density at radius 3 is 2.53 bits per heavy atom. The van der Waals surface area contributed by atoms with Crippen molar-refractivity contribution >= 4 is 5.97 Å². The van der Waals surface area contributed by atoms with Gasteiger partial charge in [0.15, 0.2) is 0 Å². The summed E-state index contributed by atoms with van der Waals surface area (Å²) in [6, 6.07) is 9.44. The Kier molecular flexibility index (Phi) is 4.49. The Bertz CT molecular complexity index is 524. The van der Waals surface area contributed by atoms with Crippen LogP contribution in [0.1, 0.15) is 18.2 Å². The smallest absolute Gasteiger partial charge is 0.303 e. The highest BCUT2D eigenvalue weighted by Crippen LogP contribution is 2.09. The van der Waals surface area contributed by atoms with E-state index < -0.39 is 5.97 Å². The lowest BCUT2D eigenvalue weighted by atomic mass is 10.3. The van der Waals surface area contributed by atoms with Crippen LogP contribution in [0.15, 0.2) is 34.7 Å². The molecule has 1 heterocycles. The fraction of sp³-hybridized carbons (Fsp3) is 0.308. The lowest BCUT2D eigenvalue weighted by Crippen LogP contribution is -2.01. The van der Waals surface area contributed by atoms with Gasteiger partial charge in [-0.25, -0.2) is 0 Å². The Morgan fingerprint density at radius 1 is 1.16 bits per heavy atom. The van der Waals surface area contributed by atoms with Crippen LogP contribution in [0.2, 0.25) is 0 Å². The molecule has 1 aromatic carbocycles. The van der Waals surface area contributed by atoms with Gasteiger partial charge in [-0.3, -0.25) is 4.79 Å². The van der Waals surface area contributed by atoms with Gasteiger partial charge >= 0.3 is 5.97 Å². The van der Waals surface area contributed by atoms with E-state index in [-0.39, 0.29) is 12.8 Å². The van der Waals surface area contributed by atoms with Crippen molar-refractivity contribution in [1.82, 2.24) is 10.2 Å². The molecule has 100 valence electrons. The fourth-order valence-corrected chi connectivity index (χ4v) is 1.48. The van der Waals surface area contributed by atoms with Gasteiger partial charge in [0.25, 0.3) is 0 Å². The quantitative estimate of drug-likeness (QED) is 0.817. The summed E-state index contributed by atoms with van der Waals surface area (Å²) in [4.78, 5) is 10.4. The second-order valence-electron chi connectivity index (χ2n) is 3.89. The molecule has 2 aromatic rings. The summed E-state index contributed by atoms with van der Waals surface area (Å²) in [5.41, 5.74) is 0. The molecule has 0 spiro atoms. The van der Waals surface area contributed by atoms with Crippen molar-refractivity contribution in [2.75, 3.05) is 6.61 Å². The molecular formula is C13H14N2O4. The van der Waals surface area contributed by atoms with Crippen LogP contribution in [-0.4, -0.2) is 27.9 Å². The van der Waals surface area contributed by atoms with Crippen LogP contribution in [0.3, 0.4) is 0 Å². The molecule has 0 fully saturated rings. The second-order valence-corrected chi connectivity index (χ2v) is 3.89. The minimum Gasteiger partial charge on any atom is -0.493 e. The summed E-state index contributed by atoms with van der Waals surface area (Å²) in [7, 11) is 0. The van der Waals surface area contributed by atoms with Crippen molar-refractivity contribution in [3.05, 3.63) is 42.1 Å². The molecule has 0 radical (unpaired) electrons. The van der Waals surface area contributed by atoms with Crippen LogP contribution in [0.25, 0.3) is 0 Å². The molecule has 2 rings (SSSR count). The second kappa shape index (κ2) is 6.53. The van der Waals surface area contributed by atoms with Crippen molar-refractivity contribution in [2.45, 2.75) is 19.3 Å². The first-order valence-corrected chi connectivity index (χ1v) is 5.95. The molecule has 0 saturated heterocycles. The van der Waals surface area contributed by atoms with Crippen molar-refractivity contribution in [1.29, 1.82) is 0 Å². The monoisotopic (exact) mass is 262 g/mol. The number of nitrogens with zero attached hydrogens (tertiary/aromatic N) is 2. The molecule has 0 amide bonds. The maximum atomic E-state index is 10.4. The van der Waals surface area contributed by atoms with E-state index in [0.29, 0.717) is 24.8 Å². The summed E-state index contributed by atoms with van der Waals surface area (Å²) in [5.74, 6) is 0.703. The summed E-state index contributed by atoms with van der Waals surface area (Å²) in [6.07, 6.45) is 0.735. The van der Waals surface area contributed by atoms with Crippen LogP contribution in [0, 0.1) is 0 Å². The summed E-state index contributed by atoms with van der Waals surface area (Å²) >= 11 is 0. The van der Waals surface area contributed by atoms with Crippen LogP contribution in [0.5, 0.6) is 5.75 Å². The predicted octanol–water partition coefficient (Wildman–Crippen LogP) is 1.71. The number of carbonyl (C=O) groups is 1. The first-order valence-electron chi connectivity index (χ1n) is 5.95. The molecule has 0 aliphatic rings. The summed E-state index contributed by atoms with van der Waals surface area (Å²) < 4.78 is 10.8. The maximum absolute atomic E-state index is 10.4.